The molecule has 1 aliphatic heterocycles. The summed E-state index contributed by atoms with van der Waals surface area (Å²) in [5.41, 5.74) is 0.773. The Balaban J connectivity index is 1.99. The number of ether oxygens (including phenoxy) is 1. The molecule has 0 radical (unpaired) electrons. The second-order valence-corrected chi connectivity index (χ2v) is 5.42. The summed E-state index contributed by atoms with van der Waals surface area (Å²) in [5.74, 6) is 0.125. The quantitative estimate of drug-likeness (QED) is 0.765. The summed E-state index contributed by atoms with van der Waals surface area (Å²) in [7, 11) is 0.0805. The Morgan fingerprint density at radius 3 is 2.90 bits per heavy atom. The molecule has 0 aliphatic carbocycles. The Morgan fingerprint density at radius 2 is 2.25 bits per heavy atom. The first-order valence-electron chi connectivity index (χ1n) is 6.96. The zero-order valence-corrected chi connectivity index (χ0v) is 11.8. The van der Waals surface area contributed by atoms with Crippen molar-refractivity contribution in [3.8, 4) is 0 Å². The molecule has 0 amide bonds. The average molecular weight is 281 g/mol. The molecular formula is C14H21BFNO3. The van der Waals surface area contributed by atoms with Gasteiger partial charge in [-0.2, -0.15) is 0 Å². The molecule has 1 heterocycles. The van der Waals surface area contributed by atoms with Crippen molar-refractivity contribution in [3.63, 3.8) is 0 Å². The zero-order chi connectivity index (χ0) is 14.5. The molecule has 2 rings (SSSR count). The van der Waals surface area contributed by atoms with Crippen LogP contribution in [0.3, 0.4) is 0 Å². The van der Waals surface area contributed by atoms with Crippen LogP contribution in [0.5, 0.6) is 0 Å². The molecule has 1 aromatic carbocycles. The highest BCUT2D eigenvalue weighted by molar-refractivity contribution is 6.58. The molecular weight excluding hydrogens is 260 g/mol. The third-order valence-corrected chi connectivity index (χ3v) is 3.77. The molecule has 1 aromatic rings. The van der Waals surface area contributed by atoms with Crippen molar-refractivity contribution in [1.29, 1.82) is 0 Å². The Hall–Kier alpha value is -0.945. The van der Waals surface area contributed by atoms with E-state index in [4.69, 9.17) is 14.8 Å². The van der Waals surface area contributed by atoms with Gasteiger partial charge in [0.15, 0.2) is 0 Å². The molecule has 0 saturated carbocycles. The van der Waals surface area contributed by atoms with Gasteiger partial charge in [-0.3, -0.25) is 4.90 Å². The summed E-state index contributed by atoms with van der Waals surface area (Å²) in [4.78, 5) is 2.22. The van der Waals surface area contributed by atoms with Crippen molar-refractivity contribution in [1.82, 2.24) is 4.90 Å². The van der Waals surface area contributed by atoms with Crippen LogP contribution in [0.25, 0.3) is 0 Å². The topological polar surface area (TPSA) is 52.9 Å². The number of hydrogen-bond acceptors (Lipinski definition) is 4. The minimum absolute atomic E-state index is 0.183. The Morgan fingerprint density at radius 1 is 1.45 bits per heavy atom. The Labute approximate surface area is 119 Å². The molecule has 110 valence electrons. The summed E-state index contributed by atoms with van der Waals surface area (Å²) in [6, 6.07) is 4.38. The largest absolute Gasteiger partial charge is 0.488 e. The number of piperidine rings is 1. The van der Waals surface area contributed by atoms with Gasteiger partial charge >= 0.3 is 7.12 Å². The van der Waals surface area contributed by atoms with Crippen molar-refractivity contribution in [2.24, 2.45) is 5.92 Å². The predicted octanol–water partition coefficient (Wildman–Crippen LogP) is 0.364. The summed E-state index contributed by atoms with van der Waals surface area (Å²) < 4.78 is 19.1. The van der Waals surface area contributed by atoms with Gasteiger partial charge in [-0.05, 0) is 36.8 Å². The summed E-state index contributed by atoms with van der Waals surface area (Å²) in [5, 5.41) is 18.0. The van der Waals surface area contributed by atoms with Crippen molar-refractivity contribution < 1.29 is 19.2 Å². The van der Waals surface area contributed by atoms with Gasteiger partial charge in [0, 0.05) is 25.8 Å². The van der Waals surface area contributed by atoms with E-state index in [1.165, 1.54) is 6.07 Å². The molecule has 20 heavy (non-hydrogen) atoms. The maximum Gasteiger partial charge on any atom is 0.488 e. The monoisotopic (exact) mass is 281 g/mol. The van der Waals surface area contributed by atoms with E-state index in [1.807, 2.05) is 0 Å². The number of benzene rings is 1. The normalized spacial score (nSPS) is 20.1. The van der Waals surface area contributed by atoms with Gasteiger partial charge in [0.25, 0.3) is 0 Å². The molecule has 1 saturated heterocycles. The maximum atomic E-state index is 13.9. The number of halogens is 1. The minimum Gasteiger partial charge on any atom is -0.423 e. The number of methoxy groups -OCH3 is 1. The van der Waals surface area contributed by atoms with E-state index in [2.05, 4.69) is 4.90 Å². The van der Waals surface area contributed by atoms with Gasteiger partial charge < -0.3 is 14.8 Å². The van der Waals surface area contributed by atoms with Crippen LogP contribution in [-0.2, 0) is 11.3 Å². The lowest BCUT2D eigenvalue weighted by atomic mass is 9.80. The van der Waals surface area contributed by atoms with Crippen LogP contribution in [0.15, 0.2) is 18.2 Å². The van der Waals surface area contributed by atoms with E-state index in [1.54, 1.807) is 19.2 Å². The minimum atomic E-state index is -1.63. The molecule has 2 N–H and O–H groups in total. The number of nitrogens with zero attached hydrogens (tertiary/aromatic N) is 1. The Bertz CT molecular complexity index is 442. The molecule has 1 atom stereocenters. The van der Waals surface area contributed by atoms with Crippen LogP contribution < -0.4 is 5.46 Å². The van der Waals surface area contributed by atoms with E-state index in [0.717, 1.165) is 32.5 Å². The van der Waals surface area contributed by atoms with Crippen LogP contribution in [0.2, 0.25) is 0 Å². The number of likely N-dealkylation sites (tertiary alicyclic amines) is 1. The fourth-order valence-corrected chi connectivity index (χ4v) is 2.76. The van der Waals surface area contributed by atoms with Gasteiger partial charge in [0.1, 0.15) is 5.82 Å². The molecule has 4 nitrogen and oxygen atoms in total. The summed E-state index contributed by atoms with van der Waals surface area (Å²) in [6.07, 6.45) is 2.26. The molecule has 1 fully saturated rings. The zero-order valence-electron chi connectivity index (χ0n) is 11.8. The third-order valence-electron chi connectivity index (χ3n) is 3.77. The van der Waals surface area contributed by atoms with E-state index in [0.29, 0.717) is 18.0 Å². The van der Waals surface area contributed by atoms with Crippen LogP contribution in [-0.4, -0.2) is 48.9 Å². The second-order valence-electron chi connectivity index (χ2n) is 5.42. The third kappa shape index (κ3) is 4.02. The molecule has 6 heteroatoms. The Kier molecular flexibility index (Phi) is 5.54. The van der Waals surface area contributed by atoms with Crippen LogP contribution >= 0.6 is 0 Å². The first-order chi connectivity index (χ1) is 9.60. The van der Waals surface area contributed by atoms with Gasteiger partial charge in [0.2, 0.25) is 0 Å². The lowest BCUT2D eigenvalue weighted by Crippen LogP contribution is -2.37. The van der Waals surface area contributed by atoms with Crippen molar-refractivity contribution >= 4 is 12.6 Å². The van der Waals surface area contributed by atoms with E-state index in [9.17, 15) is 4.39 Å². The van der Waals surface area contributed by atoms with E-state index >= 15 is 0 Å². The molecule has 1 aliphatic rings. The van der Waals surface area contributed by atoms with Crippen LogP contribution in [0, 0.1) is 11.7 Å². The lowest BCUT2D eigenvalue weighted by Gasteiger charge is -2.32. The number of hydrogen-bond donors (Lipinski definition) is 2. The first-order valence-corrected chi connectivity index (χ1v) is 6.96. The van der Waals surface area contributed by atoms with Gasteiger partial charge in [-0.15, -0.1) is 0 Å². The lowest BCUT2D eigenvalue weighted by molar-refractivity contribution is 0.0869. The standard InChI is InChI=1S/C14H21BFNO3/c1-20-10-11-3-2-6-17(8-11)9-12-4-5-13(15(18)19)7-14(12)16/h4-5,7,11,18-19H,2-3,6,8-10H2,1H3. The van der Waals surface area contributed by atoms with Crippen molar-refractivity contribution in [3.05, 3.63) is 29.6 Å². The van der Waals surface area contributed by atoms with Gasteiger partial charge in [-0.1, -0.05) is 12.1 Å². The molecule has 1 unspecified atom stereocenters. The highest BCUT2D eigenvalue weighted by atomic mass is 19.1. The smallest absolute Gasteiger partial charge is 0.423 e. The van der Waals surface area contributed by atoms with E-state index < -0.39 is 7.12 Å². The molecule has 0 bridgehead atoms. The van der Waals surface area contributed by atoms with Gasteiger partial charge in [-0.25, -0.2) is 4.39 Å². The predicted molar refractivity (Wildman–Crippen MR) is 76.1 cm³/mol. The highest BCUT2D eigenvalue weighted by Crippen LogP contribution is 2.19. The molecule has 0 aromatic heterocycles. The fraction of sp³-hybridized carbons (Fsp3) is 0.571. The highest BCUT2D eigenvalue weighted by Gasteiger charge is 2.21. The second kappa shape index (κ2) is 7.17. The van der Waals surface area contributed by atoms with Gasteiger partial charge in [0.05, 0.1) is 6.61 Å². The molecule has 0 spiro atoms. The fourth-order valence-electron chi connectivity index (χ4n) is 2.76. The van der Waals surface area contributed by atoms with E-state index in [-0.39, 0.29) is 11.3 Å². The SMILES string of the molecule is COCC1CCCN(Cc2ccc(B(O)O)cc2F)C1. The average Bonchev–Trinajstić information content (AvgIpc) is 2.42. The number of rotatable bonds is 5. The summed E-state index contributed by atoms with van der Waals surface area (Å²) >= 11 is 0. The summed E-state index contributed by atoms with van der Waals surface area (Å²) in [6.45, 7) is 3.17. The van der Waals surface area contributed by atoms with Crippen molar-refractivity contribution in [2.75, 3.05) is 26.8 Å². The first kappa shape index (κ1) is 15.4. The van der Waals surface area contributed by atoms with Crippen LogP contribution in [0.1, 0.15) is 18.4 Å². The maximum absolute atomic E-state index is 13.9. The van der Waals surface area contributed by atoms with Crippen LogP contribution in [0.4, 0.5) is 4.39 Å². The van der Waals surface area contributed by atoms with Crippen molar-refractivity contribution in [2.45, 2.75) is 19.4 Å².